The summed E-state index contributed by atoms with van der Waals surface area (Å²) in [4.78, 5) is 26.2. The van der Waals surface area contributed by atoms with Gasteiger partial charge in [0.25, 0.3) is 0 Å². The summed E-state index contributed by atoms with van der Waals surface area (Å²) in [6.07, 6.45) is 1.77. The van der Waals surface area contributed by atoms with E-state index >= 15 is 0 Å². The molecule has 148 valence electrons. The smallest absolute Gasteiger partial charge is 0.228 e. The third-order valence-electron chi connectivity index (χ3n) is 4.77. The highest BCUT2D eigenvalue weighted by molar-refractivity contribution is 6.35. The molecule has 7 heteroatoms. The summed E-state index contributed by atoms with van der Waals surface area (Å²) in [6.45, 7) is 3.63. The Morgan fingerprint density at radius 3 is 2.39 bits per heavy atom. The van der Waals surface area contributed by atoms with Gasteiger partial charge in [-0.1, -0.05) is 35.3 Å². The largest absolute Gasteiger partial charge is 0.326 e. The SMILES string of the molecule is CC(=O)Nc1cccc(NC(=O)C2CCCN(Cc3c(Cl)cccc3Cl)C2)c1. The van der Waals surface area contributed by atoms with Crippen molar-refractivity contribution < 1.29 is 9.59 Å². The lowest BCUT2D eigenvalue weighted by atomic mass is 9.96. The molecule has 1 heterocycles. The van der Waals surface area contributed by atoms with E-state index in [4.69, 9.17) is 23.2 Å². The molecule has 1 aliphatic heterocycles. The fourth-order valence-electron chi connectivity index (χ4n) is 3.44. The van der Waals surface area contributed by atoms with E-state index < -0.39 is 0 Å². The van der Waals surface area contributed by atoms with E-state index in [0.29, 0.717) is 34.5 Å². The Morgan fingerprint density at radius 1 is 1.07 bits per heavy atom. The monoisotopic (exact) mass is 419 g/mol. The minimum atomic E-state index is -0.148. The van der Waals surface area contributed by atoms with Crippen molar-refractivity contribution in [2.24, 2.45) is 5.92 Å². The van der Waals surface area contributed by atoms with Crippen molar-refractivity contribution in [3.8, 4) is 0 Å². The summed E-state index contributed by atoms with van der Waals surface area (Å²) in [6, 6.07) is 12.6. The molecular weight excluding hydrogens is 397 g/mol. The number of hydrogen-bond donors (Lipinski definition) is 2. The number of hydrogen-bond acceptors (Lipinski definition) is 3. The van der Waals surface area contributed by atoms with Crippen LogP contribution in [-0.2, 0) is 16.1 Å². The lowest BCUT2D eigenvalue weighted by molar-refractivity contribution is -0.121. The fraction of sp³-hybridized carbons (Fsp3) is 0.333. The van der Waals surface area contributed by atoms with Gasteiger partial charge in [0, 0.05) is 47.0 Å². The van der Waals surface area contributed by atoms with Gasteiger partial charge >= 0.3 is 0 Å². The predicted octanol–water partition coefficient (Wildman–Crippen LogP) is 4.80. The maximum atomic E-state index is 12.8. The van der Waals surface area contributed by atoms with Gasteiger partial charge in [0.2, 0.25) is 11.8 Å². The van der Waals surface area contributed by atoms with Gasteiger partial charge in [-0.3, -0.25) is 14.5 Å². The van der Waals surface area contributed by atoms with Crippen LogP contribution >= 0.6 is 23.2 Å². The number of benzene rings is 2. The summed E-state index contributed by atoms with van der Waals surface area (Å²) in [5.74, 6) is -0.279. The molecule has 1 fully saturated rings. The number of carbonyl (C=O) groups is 2. The van der Waals surface area contributed by atoms with Crippen LogP contribution in [0.5, 0.6) is 0 Å². The molecule has 0 aliphatic carbocycles. The number of piperidine rings is 1. The summed E-state index contributed by atoms with van der Waals surface area (Å²) in [7, 11) is 0. The van der Waals surface area contributed by atoms with Crippen LogP contribution in [0.25, 0.3) is 0 Å². The van der Waals surface area contributed by atoms with E-state index in [1.807, 2.05) is 24.3 Å². The average Bonchev–Trinajstić information content (AvgIpc) is 2.65. The Kier molecular flexibility index (Phi) is 6.94. The molecule has 2 aromatic carbocycles. The number of likely N-dealkylation sites (tertiary alicyclic amines) is 1. The number of carbonyl (C=O) groups excluding carboxylic acids is 2. The summed E-state index contributed by atoms with van der Waals surface area (Å²) in [5, 5.41) is 6.98. The first kappa shape index (κ1) is 20.6. The van der Waals surface area contributed by atoms with Crippen LogP contribution in [0.2, 0.25) is 10.0 Å². The first-order valence-corrected chi connectivity index (χ1v) is 10.0. The first-order chi connectivity index (χ1) is 13.4. The van der Waals surface area contributed by atoms with Gasteiger partial charge in [-0.05, 0) is 49.7 Å². The second-order valence-corrected chi connectivity index (χ2v) is 7.84. The Morgan fingerprint density at radius 2 is 1.71 bits per heavy atom. The Balaban J connectivity index is 1.62. The quantitative estimate of drug-likeness (QED) is 0.731. The molecule has 3 rings (SSSR count). The Bertz CT molecular complexity index is 852. The van der Waals surface area contributed by atoms with Gasteiger partial charge in [-0.15, -0.1) is 0 Å². The van der Waals surface area contributed by atoms with Crippen molar-refractivity contribution in [1.82, 2.24) is 4.90 Å². The molecule has 1 unspecified atom stereocenters. The van der Waals surface area contributed by atoms with E-state index in [1.54, 1.807) is 18.2 Å². The molecule has 1 saturated heterocycles. The second kappa shape index (κ2) is 9.41. The van der Waals surface area contributed by atoms with Gasteiger partial charge in [-0.25, -0.2) is 0 Å². The van der Waals surface area contributed by atoms with E-state index in [9.17, 15) is 9.59 Å². The number of nitrogens with one attached hydrogen (secondary N) is 2. The summed E-state index contributed by atoms with van der Waals surface area (Å²) >= 11 is 12.6. The molecule has 0 spiro atoms. The molecule has 1 aliphatic rings. The number of amides is 2. The minimum Gasteiger partial charge on any atom is -0.326 e. The lowest BCUT2D eigenvalue weighted by Gasteiger charge is -2.32. The molecule has 0 saturated carbocycles. The van der Waals surface area contributed by atoms with Crippen LogP contribution in [0.4, 0.5) is 11.4 Å². The molecule has 0 radical (unpaired) electrons. The van der Waals surface area contributed by atoms with Crippen LogP contribution < -0.4 is 10.6 Å². The zero-order valence-electron chi connectivity index (χ0n) is 15.7. The van der Waals surface area contributed by atoms with Crippen LogP contribution in [0.15, 0.2) is 42.5 Å². The molecule has 2 aromatic rings. The highest BCUT2D eigenvalue weighted by atomic mass is 35.5. The standard InChI is InChI=1S/C21H23Cl2N3O2/c1-14(27)24-16-6-2-7-17(11-16)25-21(28)15-5-4-10-26(12-15)13-18-19(22)8-3-9-20(18)23/h2-3,6-9,11,15H,4-5,10,12-13H2,1H3,(H,24,27)(H,25,28). The number of halogens is 2. The van der Waals surface area contributed by atoms with Crippen molar-refractivity contribution >= 4 is 46.4 Å². The van der Waals surface area contributed by atoms with Gasteiger partial charge in [0.05, 0.1) is 5.92 Å². The number of nitrogens with zero attached hydrogens (tertiary/aromatic N) is 1. The first-order valence-electron chi connectivity index (χ1n) is 9.26. The summed E-state index contributed by atoms with van der Waals surface area (Å²) in [5.41, 5.74) is 2.22. The normalized spacial score (nSPS) is 17.2. The van der Waals surface area contributed by atoms with Gasteiger partial charge in [0.1, 0.15) is 0 Å². The van der Waals surface area contributed by atoms with Gasteiger partial charge in [-0.2, -0.15) is 0 Å². The molecule has 0 aromatic heterocycles. The highest BCUT2D eigenvalue weighted by Crippen LogP contribution is 2.28. The van der Waals surface area contributed by atoms with Crippen LogP contribution in [0.1, 0.15) is 25.3 Å². The van der Waals surface area contributed by atoms with E-state index in [1.165, 1.54) is 6.92 Å². The maximum absolute atomic E-state index is 12.8. The van der Waals surface area contributed by atoms with Crippen molar-refractivity contribution in [2.75, 3.05) is 23.7 Å². The lowest BCUT2D eigenvalue weighted by Crippen LogP contribution is -2.40. The molecular formula is C21H23Cl2N3O2. The molecule has 0 bridgehead atoms. The second-order valence-electron chi connectivity index (χ2n) is 7.03. The minimum absolute atomic E-state index is 0.0186. The Labute approximate surface area is 175 Å². The maximum Gasteiger partial charge on any atom is 0.228 e. The van der Waals surface area contributed by atoms with Crippen LogP contribution in [-0.4, -0.2) is 29.8 Å². The fourth-order valence-corrected chi connectivity index (χ4v) is 3.96. The van der Waals surface area contributed by atoms with Crippen LogP contribution in [0, 0.1) is 5.92 Å². The third kappa shape index (κ3) is 5.47. The topological polar surface area (TPSA) is 61.4 Å². The molecule has 2 amide bonds. The average molecular weight is 420 g/mol. The van der Waals surface area contributed by atoms with E-state index in [-0.39, 0.29) is 17.7 Å². The molecule has 5 nitrogen and oxygen atoms in total. The predicted molar refractivity (Wildman–Crippen MR) is 114 cm³/mol. The van der Waals surface area contributed by atoms with Crippen molar-refractivity contribution in [3.63, 3.8) is 0 Å². The zero-order valence-corrected chi connectivity index (χ0v) is 17.2. The van der Waals surface area contributed by atoms with E-state index in [2.05, 4.69) is 15.5 Å². The molecule has 1 atom stereocenters. The third-order valence-corrected chi connectivity index (χ3v) is 5.48. The van der Waals surface area contributed by atoms with Gasteiger partial charge in [0.15, 0.2) is 0 Å². The van der Waals surface area contributed by atoms with Gasteiger partial charge < -0.3 is 10.6 Å². The molecule has 2 N–H and O–H groups in total. The van der Waals surface area contributed by atoms with Crippen molar-refractivity contribution in [2.45, 2.75) is 26.3 Å². The number of anilines is 2. The highest BCUT2D eigenvalue weighted by Gasteiger charge is 2.26. The number of rotatable bonds is 5. The van der Waals surface area contributed by atoms with Crippen molar-refractivity contribution in [3.05, 3.63) is 58.1 Å². The molecule has 28 heavy (non-hydrogen) atoms. The van der Waals surface area contributed by atoms with Crippen LogP contribution in [0.3, 0.4) is 0 Å². The summed E-state index contributed by atoms with van der Waals surface area (Å²) < 4.78 is 0. The van der Waals surface area contributed by atoms with E-state index in [0.717, 1.165) is 24.9 Å². The Hall–Kier alpha value is -2.08. The zero-order chi connectivity index (χ0) is 20.1. The van der Waals surface area contributed by atoms with Crippen molar-refractivity contribution in [1.29, 1.82) is 0 Å².